The van der Waals surface area contributed by atoms with E-state index in [0.717, 1.165) is 11.3 Å². The summed E-state index contributed by atoms with van der Waals surface area (Å²) in [5, 5.41) is 0. The predicted octanol–water partition coefficient (Wildman–Crippen LogP) is -0.721. The molecule has 4 atom stereocenters. The Bertz CT molecular complexity index is 399. The van der Waals surface area contributed by atoms with Crippen LogP contribution < -0.4 is 5.73 Å². The Balaban J connectivity index is 1.91. The molecular weight excluding hydrogens is 208 g/mol. The maximum absolute atomic E-state index is 12.0. The number of allylic oxidation sites excluding steroid dienone is 2. The highest BCUT2D eigenvalue weighted by atomic mass is 16.2. The molecule has 2 bridgehead atoms. The first-order valence-electron chi connectivity index (χ1n) is 5.41. The van der Waals surface area contributed by atoms with E-state index in [2.05, 4.69) is 0 Å². The summed E-state index contributed by atoms with van der Waals surface area (Å²) in [6.45, 7) is -0.274. The molecule has 5 nitrogen and oxygen atoms in total. The summed E-state index contributed by atoms with van der Waals surface area (Å²) in [5.41, 5.74) is 5.03. The number of nitrogens with two attached hydrogens (primary N) is 1. The summed E-state index contributed by atoms with van der Waals surface area (Å²) >= 11 is 0. The van der Waals surface area contributed by atoms with Crippen molar-refractivity contribution in [2.45, 2.75) is 6.42 Å². The molecular formula is C11H12N2O3. The van der Waals surface area contributed by atoms with Gasteiger partial charge in [-0.15, -0.1) is 0 Å². The zero-order valence-corrected chi connectivity index (χ0v) is 8.63. The molecule has 0 radical (unpaired) electrons. The highest BCUT2D eigenvalue weighted by molar-refractivity contribution is 6.08. The normalized spacial score (nSPS) is 39.6. The zero-order chi connectivity index (χ0) is 11.4. The number of hydrogen-bond donors (Lipinski definition) is 1. The van der Waals surface area contributed by atoms with Gasteiger partial charge >= 0.3 is 0 Å². The number of likely N-dealkylation sites (tertiary alicyclic amines) is 1. The van der Waals surface area contributed by atoms with Crippen LogP contribution in [0, 0.1) is 23.7 Å². The van der Waals surface area contributed by atoms with Gasteiger partial charge in [0.1, 0.15) is 6.54 Å². The molecule has 2 N–H and O–H groups in total. The third-order valence-corrected chi connectivity index (χ3v) is 3.88. The van der Waals surface area contributed by atoms with E-state index in [1.54, 1.807) is 0 Å². The number of hydrogen-bond acceptors (Lipinski definition) is 3. The largest absolute Gasteiger partial charge is 0.368 e. The number of rotatable bonds is 2. The lowest BCUT2D eigenvalue weighted by Gasteiger charge is -2.14. The lowest BCUT2D eigenvalue weighted by atomic mass is 9.85. The first-order valence-corrected chi connectivity index (χ1v) is 5.41. The summed E-state index contributed by atoms with van der Waals surface area (Å²) in [7, 11) is 0. The van der Waals surface area contributed by atoms with Crippen molar-refractivity contribution in [3.8, 4) is 0 Å². The number of fused-ring (bicyclic) bond motifs is 5. The highest BCUT2D eigenvalue weighted by Gasteiger charge is 2.59. The third-order valence-electron chi connectivity index (χ3n) is 3.88. The Kier molecular flexibility index (Phi) is 1.75. The molecule has 3 aliphatic rings. The topological polar surface area (TPSA) is 80.5 Å². The average molecular weight is 220 g/mol. The van der Waals surface area contributed by atoms with Crippen molar-refractivity contribution in [2.75, 3.05) is 6.54 Å². The molecule has 3 amide bonds. The molecule has 1 saturated heterocycles. The molecule has 1 aliphatic heterocycles. The monoisotopic (exact) mass is 220 g/mol. The van der Waals surface area contributed by atoms with Gasteiger partial charge in [0, 0.05) is 0 Å². The molecule has 84 valence electrons. The van der Waals surface area contributed by atoms with E-state index in [1.807, 2.05) is 12.2 Å². The SMILES string of the molecule is NC(=O)CN1C(=O)[C@H]2[C@H](C1=O)[C@H]1C=C[C@@H]2C1. The lowest BCUT2D eigenvalue weighted by Crippen LogP contribution is -2.39. The fourth-order valence-electron chi connectivity index (χ4n) is 3.28. The third kappa shape index (κ3) is 1.03. The molecule has 3 rings (SSSR count). The molecule has 2 fully saturated rings. The van der Waals surface area contributed by atoms with Crippen LogP contribution in [0.15, 0.2) is 12.2 Å². The smallest absolute Gasteiger partial charge is 0.237 e. The van der Waals surface area contributed by atoms with Gasteiger partial charge in [0.05, 0.1) is 11.8 Å². The van der Waals surface area contributed by atoms with Crippen LogP contribution in [0.2, 0.25) is 0 Å². The van der Waals surface area contributed by atoms with E-state index in [0.29, 0.717) is 0 Å². The second-order valence-electron chi connectivity index (χ2n) is 4.73. The van der Waals surface area contributed by atoms with Gasteiger partial charge in [-0.05, 0) is 18.3 Å². The summed E-state index contributed by atoms with van der Waals surface area (Å²) in [5.74, 6) is -1.17. The minimum Gasteiger partial charge on any atom is -0.368 e. The van der Waals surface area contributed by atoms with Crippen molar-refractivity contribution < 1.29 is 14.4 Å². The Labute approximate surface area is 92.3 Å². The maximum Gasteiger partial charge on any atom is 0.237 e. The van der Waals surface area contributed by atoms with Crippen LogP contribution in [-0.2, 0) is 14.4 Å². The molecule has 0 spiro atoms. The molecule has 1 heterocycles. The van der Waals surface area contributed by atoms with Crippen molar-refractivity contribution in [3.63, 3.8) is 0 Å². The van der Waals surface area contributed by atoms with E-state index >= 15 is 0 Å². The molecule has 1 saturated carbocycles. The summed E-state index contributed by atoms with van der Waals surface area (Å²) in [6.07, 6.45) is 4.94. The van der Waals surface area contributed by atoms with Crippen LogP contribution in [0.25, 0.3) is 0 Å². The summed E-state index contributed by atoms with van der Waals surface area (Å²) in [6, 6.07) is 0. The summed E-state index contributed by atoms with van der Waals surface area (Å²) in [4.78, 5) is 35.8. The van der Waals surface area contributed by atoms with Gasteiger partial charge in [0.25, 0.3) is 0 Å². The van der Waals surface area contributed by atoms with Crippen LogP contribution in [-0.4, -0.2) is 29.2 Å². The van der Waals surface area contributed by atoms with E-state index in [9.17, 15) is 14.4 Å². The van der Waals surface area contributed by atoms with Gasteiger partial charge in [0.2, 0.25) is 17.7 Å². The molecule has 0 aromatic heterocycles. The van der Waals surface area contributed by atoms with Crippen molar-refractivity contribution in [1.29, 1.82) is 0 Å². The minimum atomic E-state index is -0.637. The number of carbonyl (C=O) groups is 3. The quantitative estimate of drug-likeness (QED) is 0.492. The maximum atomic E-state index is 12.0. The van der Waals surface area contributed by atoms with Gasteiger partial charge in [0.15, 0.2) is 0 Å². The first kappa shape index (κ1) is 9.57. The second-order valence-corrected chi connectivity index (χ2v) is 4.73. The van der Waals surface area contributed by atoms with Crippen LogP contribution >= 0.6 is 0 Å². The van der Waals surface area contributed by atoms with Gasteiger partial charge < -0.3 is 5.73 Å². The average Bonchev–Trinajstić information content (AvgIpc) is 2.87. The van der Waals surface area contributed by atoms with E-state index in [4.69, 9.17) is 5.73 Å². The van der Waals surface area contributed by atoms with Gasteiger partial charge in [-0.25, -0.2) is 0 Å². The Morgan fingerprint density at radius 1 is 1.25 bits per heavy atom. The zero-order valence-electron chi connectivity index (χ0n) is 8.63. The number of amides is 3. The van der Waals surface area contributed by atoms with E-state index in [1.165, 1.54) is 0 Å². The van der Waals surface area contributed by atoms with Gasteiger partial charge in [-0.1, -0.05) is 12.2 Å². The first-order chi connectivity index (χ1) is 7.59. The molecule has 0 aromatic rings. The van der Waals surface area contributed by atoms with Crippen molar-refractivity contribution in [1.82, 2.24) is 4.90 Å². The summed E-state index contributed by atoms with van der Waals surface area (Å²) < 4.78 is 0. The molecule has 0 aromatic carbocycles. The molecule has 0 unspecified atom stereocenters. The molecule has 2 aliphatic carbocycles. The van der Waals surface area contributed by atoms with E-state index < -0.39 is 5.91 Å². The minimum absolute atomic E-state index is 0.185. The number of nitrogens with zero attached hydrogens (tertiary/aromatic N) is 1. The van der Waals surface area contributed by atoms with Gasteiger partial charge in [-0.2, -0.15) is 0 Å². The Hall–Kier alpha value is -1.65. The van der Waals surface area contributed by atoms with E-state index in [-0.39, 0.29) is 42.0 Å². The fraction of sp³-hybridized carbons (Fsp3) is 0.545. The predicted molar refractivity (Wildman–Crippen MR) is 53.6 cm³/mol. The standard InChI is InChI=1S/C11H12N2O3/c12-7(14)4-13-10(15)8-5-1-2-6(3-5)9(8)11(13)16/h1-2,5-6,8-9H,3-4H2,(H2,12,14)/t5-,6+,8-,9-/m1/s1. The van der Waals surface area contributed by atoms with Crippen LogP contribution in [0.1, 0.15) is 6.42 Å². The fourth-order valence-corrected chi connectivity index (χ4v) is 3.28. The van der Waals surface area contributed by atoms with Gasteiger partial charge in [-0.3, -0.25) is 19.3 Å². The lowest BCUT2D eigenvalue weighted by molar-refractivity contribution is -0.143. The van der Waals surface area contributed by atoms with Crippen LogP contribution in [0.3, 0.4) is 0 Å². The van der Waals surface area contributed by atoms with Crippen molar-refractivity contribution in [2.24, 2.45) is 29.4 Å². The Morgan fingerprint density at radius 2 is 1.75 bits per heavy atom. The molecule has 16 heavy (non-hydrogen) atoms. The number of primary amides is 1. The van der Waals surface area contributed by atoms with Crippen LogP contribution in [0.4, 0.5) is 0 Å². The second kappa shape index (κ2) is 2.93. The van der Waals surface area contributed by atoms with Crippen LogP contribution in [0.5, 0.6) is 0 Å². The van der Waals surface area contributed by atoms with Crippen molar-refractivity contribution in [3.05, 3.63) is 12.2 Å². The Morgan fingerprint density at radius 3 is 2.19 bits per heavy atom. The van der Waals surface area contributed by atoms with Crippen molar-refractivity contribution >= 4 is 17.7 Å². The highest BCUT2D eigenvalue weighted by Crippen LogP contribution is 2.52. The molecule has 5 heteroatoms. The number of imide groups is 1. The number of carbonyl (C=O) groups excluding carboxylic acids is 3.